The molecular formula is C53H36N2O. The summed E-state index contributed by atoms with van der Waals surface area (Å²) in [5, 5.41) is 9.67. The number of furan rings is 1. The Morgan fingerprint density at radius 1 is 0.411 bits per heavy atom. The van der Waals surface area contributed by atoms with Crippen LogP contribution in [0.15, 0.2) is 209 Å². The maximum absolute atomic E-state index is 6.46. The third-order valence-corrected chi connectivity index (χ3v) is 10.8. The molecule has 10 rings (SSSR count). The van der Waals surface area contributed by atoms with Crippen molar-refractivity contribution in [1.82, 2.24) is 0 Å². The van der Waals surface area contributed by atoms with Gasteiger partial charge in [0.05, 0.1) is 5.70 Å². The highest BCUT2D eigenvalue weighted by molar-refractivity contribution is 6.26. The van der Waals surface area contributed by atoms with Crippen LogP contribution < -0.4 is 0 Å². The summed E-state index contributed by atoms with van der Waals surface area (Å²) in [4.78, 5) is 10.3. The molecule has 0 aliphatic carbocycles. The number of benzene rings is 9. The second-order valence-corrected chi connectivity index (χ2v) is 14.2. The van der Waals surface area contributed by atoms with E-state index in [9.17, 15) is 0 Å². The number of hydrogen-bond donors (Lipinski definition) is 0. The Hall–Kier alpha value is -7.36. The molecule has 0 amide bonds. The standard InChI is InChI=1S/C53H36N2O/c1-34(36-24-26-38(27-25-36)37-14-5-3-6-15-37)54-53(39-16-7-4-8-17-39)55-35(2)42-22-13-23-51-52(42)49-33-41(29-31-50(49)56-51)40-28-30-47-45-20-10-9-18-43(45)44-19-11-12-21-46(44)48(47)32-40/h3-33H,1H2,2H3. The topological polar surface area (TPSA) is 37.9 Å². The molecule has 264 valence electrons. The quantitative estimate of drug-likeness (QED) is 0.0959. The molecule has 0 N–H and O–H groups in total. The van der Waals surface area contributed by atoms with Gasteiger partial charge in [-0.1, -0.05) is 170 Å². The van der Waals surface area contributed by atoms with Gasteiger partial charge in [0.15, 0.2) is 5.84 Å². The lowest BCUT2D eigenvalue weighted by Gasteiger charge is -2.12. The van der Waals surface area contributed by atoms with E-state index in [1.54, 1.807) is 0 Å². The summed E-state index contributed by atoms with van der Waals surface area (Å²) >= 11 is 0. The predicted molar refractivity (Wildman–Crippen MR) is 238 cm³/mol. The van der Waals surface area contributed by atoms with Crippen molar-refractivity contribution < 1.29 is 4.42 Å². The highest BCUT2D eigenvalue weighted by Gasteiger charge is 2.16. The van der Waals surface area contributed by atoms with Crippen molar-refractivity contribution in [3.05, 3.63) is 211 Å². The highest BCUT2D eigenvalue weighted by Crippen LogP contribution is 2.39. The van der Waals surface area contributed by atoms with E-state index in [-0.39, 0.29) is 0 Å². The van der Waals surface area contributed by atoms with Gasteiger partial charge >= 0.3 is 0 Å². The molecule has 0 radical (unpaired) electrons. The third kappa shape index (κ3) is 5.87. The van der Waals surface area contributed by atoms with Crippen LogP contribution >= 0.6 is 0 Å². The van der Waals surface area contributed by atoms with E-state index in [0.717, 1.165) is 61.0 Å². The van der Waals surface area contributed by atoms with Crippen LogP contribution in [0.1, 0.15) is 23.6 Å². The molecule has 10 aromatic rings. The van der Waals surface area contributed by atoms with Gasteiger partial charge in [-0.3, -0.25) is 0 Å². The van der Waals surface area contributed by atoms with E-state index in [0.29, 0.717) is 11.5 Å². The molecule has 0 saturated heterocycles. The van der Waals surface area contributed by atoms with E-state index in [2.05, 4.69) is 146 Å². The van der Waals surface area contributed by atoms with E-state index in [1.807, 2.05) is 55.5 Å². The van der Waals surface area contributed by atoms with Crippen LogP contribution in [0.5, 0.6) is 0 Å². The zero-order chi connectivity index (χ0) is 37.6. The Bertz CT molecular complexity index is 3150. The molecule has 0 atom stereocenters. The Kier molecular flexibility index (Phi) is 8.19. The molecule has 3 nitrogen and oxygen atoms in total. The lowest BCUT2D eigenvalue weighted by molar-refractivity contribution is 0.669. The fraction of sp³-hybridized carbons (Fsp3) is 0.0189. The van der Waals surface area contributed by atoms with Gasteiger partial charge in [0, 0.05) is 27.6 Å². The summed E-state index contributed by atoms with van der Waals surface area (Å²) in [6.07, 6.45) is 0. The largest absolute Gasteiger partial charge is 0.456 e. The van der Waals surface area contributed by atoms with Crippen LogP contribution in [0.25, 0.3) is 82.2 Å². The summed E-state index contributed by atoms with van der Waals surface area (Å²) < 4.78 is 6.46. The van der Waals surface area contributed by atoms with Crippen LogP contribution in [-0.4, -0.2) is 11.5 Å². The third-order valence-electron chi connectivity index (χ3n) is 10.8. The summed E-state index contributed by atoms with van der Waals surface area (Å²) in [6, 6.07) is 65.8. The minimum Gasteiger partial charge on any atom is -0.456 e. The second kappa shape index (κ2) is 13.8. The molecule has 56 heavy (non-hydrogen) atoms. The lowest BCUT2D eigenvalue weighted by Crippen LogP contribution is -2.04. The van der Waals surface area contributed by atoms with Gasteiger partial charge < -0.3 is 4.42 Å². The monoisotopic (exact) mass is 716 g/mol. The first-order chi connectivity index (χ1) is 27.6. The van der Waals surface area contributed by atoms with E-state index in [4.69, 9.17) is 14.4 Å². The van der Waals surface area contributed by atoms with Crippen molar-refractivity contribution in [1.29, 1.82) is 0 Å². The van der Waals surface area contributed by atoms with Gasteiger partial charge in [-0.15, -0.1) is 0 Å². The summed E-state index contributed by atoms with van der Waals surface area (Å²) in [5.41, 5.74) is 10.6. The molecule has 1 aromatic heterocycles. The average molecular weight is 717 g/mol. The molecule has 0 saturated carbocycles. The number of nitrogens with zero attached hydrogens (tertiary/aromatic N) is 2. The molecule has 1 heterocycles. The van der Waals surface area contributed by atoms with Gasteiger partial charge in [0.1, 0.15) is 11.2 Å². The number of amidine groups is 1. The van der Waals surface area contributed by atoms with E-state index < -0.39 is 0 Å². The smallest absolute Gasteiger partial charge is 0.160 e. The van der Waals surface area contributed by atoms with Crippen molar-refractivity contribution >= 4 is 71.5 Å². The minimum absolute atomic E-state index is 0.599. The van der Waals surface area contributed by atoms with Gasteiger partial charge in [-0.25, -0.2) is 9.98 Å². The first-order valence-corrected chi connectivity index (χ1v) is 18.9. The van der Waals surface area contributed by atoms with Crippen LogP contribution in [0.3, 0.4) is 0 Å². The average Bonchev–Trinajstić information content (AvgIpc) is 3.65. The van der Waals surface area contributed by atoms with Crippen LogP contribution in [0.2, 0.25) is 0 Å². The molecule has 0 aliphatic heterocycles. The second-order valence-electron chi connectivity index (χ2n) is 14.2. The SMILES string of the molecule is C=C(N=C(N=C(C)c1cccc2oc3ccc(-c4ccc5c6ccccc6c6ccccc6c5c4)cc3c12)c1ccccc1)c1ccc(-c2ccccc2)cc1. The number of fused-ring (bicyclic) bond motifs is 9. The van der Waals surface area contributed by atoms with Gasteiger partial charge in [0.25, 0.3) is 0 Å². The zero-order valence-corrected chi connectivity index (χ0v) is 30.9. The Balaban J connectivity index is 1.07. The zero-order valence-electron chi connectivity index (χ0n) is 30.9. The van der Waals surface area contributed by atoms with Crippen LogP contribution in [0.4, 0.5) is 0 Å². The Morgan fingerprint density at radius 3 is 1.62 bits per heavy atom. The maximum Gasteiger partial charge on any atom is 0.160 e. The van der Waals surface area contributed by atoms with E-state index >= 15 is 0 Å². The summed E-state index contributed by atoms with van der Waals surface area (Å²) in [6.45, 7) is 6.42. The number of rotatable bonds is 6. The number of hydrogen-bond acceptors (Lipinski definition) is 2. The maximum atomic E-state index is 6.46. The van der Waals surface area contributed by atoms with Crippen LogP contribution in [0, 0.1) is 0 Å². The van der Waals surface area contributed by atoms with Crippen LogP contribution in [-0.2, 0) is 0 Å². The molecule has 0 spiro atoms. The molecule has 0 unspecified atom stereocenters. The Morgan fingerprint density at radius 2 is 0.946 bits per heavy atom. The normalized spacial score (nSPS) is 12.3. The first-order valence-electron chi connectivity index (χ1n) is 18.9. The summed E-state index contributed by atoms with van der Waals surface area (Å²) in [5.74, 6) is 0.599. The van der Waals surface area contributed by atoms with Gasteiger partial charge in [-0.2, -0.15) is 0 Å². The predicted octanol–water partition coefficient (Wildman–Crippen LogP) is 14.3. The van der Waals surface area contributed by atoms with Crippen molar-refractivity contribution in [3.8, 4) is 22.3 Å². The van der Waals surface area contributed by atoms with Crippen molar-refractivity contribution in [2.45, 2.75) is 6.92 Å². The minimum atomic E-state index is 0.599. The number of aliphatic imine (C=N–C) groups is 2. The highest BCUT2D eigenvalue weighted by atomic mass is 16.3. The molecule has 0 bridgehead atoms. The fourth-order valence-corrected chi connectivity index (χ4v) is 8.03. The van der Waals surface area contributed by atoms with Crippen molar-refractivity contribution in [3.63, 3.8) is 0 Å². The molecule has 0 aliphatic rings. The molecule has 9 aromatic carbocycles. The molecule has 0 fully saturated rings. The van der Waals surface area contributed by atoms with Crippen molar-refractivity contribution in [2.24, 2.45) is 9.98 Å². The Labute approximate surface area is 325 Å². The van der Waals surface area contributed by atoms with Crippen molar-refractivity contribution in [2.75, 3.05) is 0 Å². The van der Waals surface area contributed by atoms with Gasteiger partial charge in [-0.05, 0) is 91.3 Å². The van der Waals surface area contributed by atoms with E-state index in [1.165, 1.54) is 37.9 Å². The van der Waals surface area contributed by atoms with Gasteiger partial charge in [0.2, 0.25) is 0 Å². The summed E-state index contributed by atoms with van der Waals surface area (Å²) in [7, 11) is 0. The first kappa shape index (κ1) is 33.2. The molecule has 3 heteroatoms. The lowest BCUT2D eigenvalue weighted by atomic mass is 9.92. The fourth-order valence-electron chi connectivity index (χ4n) is 8.03. The molecular weight excluding hydrogens is 681 g/mol.